The summed E-state index contributed by atoms with van der Waals surface area (Å²) in [6, 6.07) is 30.9. The smallest absolute Gasteiger partial charge is 0.265 e. The van der Waals surface area contributed by atoms with E-state index in [1.807, 2.05) is 47.8 Å². The summed E-state index contributed by atoms with van der Waals surface area (Å²) in [6.45, 7) is 0.490. The fourth-order valence-electron chi connectivity index (χ4n) is 3.40. The Bertz CT molecular complexity index is 1090. The Kier molecular flexibility index (Phi) is 6.55. The molecule has 0 unspecified atom stereocenters. The van der Waals surface area contributed by atoms with Crippen molar-refractivity contribution in [3.63, 3.8) is 0 Å². The number of carbonyl (C=O) groups excluding carboxylic acids is 2. The minimum atomic E-state index is -0.152. The predicted octanol–water partition coefficient (Wildman–Crippen LogP) is 5.56. The highest BCUT2D eigenvalue weighted by atomic mass is 32.1. The molecule has 0 aliphatic carbocycles. The van der Waals surface area contributed by atoms with E-state index >= 15 is 0 Å². The fraction of sp³-hybridized carbons (Fsp3) is 0.0769. The van der Waals surface area contributed by atoms with Gasteiger partial charge in [0.15, 0.2) is 0 Å². The van der Waals surface area contributed by atoms with Gasteiger partial charge in [0.2, 0.25) is 0 Å². The predicted molar refractivity (Wildman–Crippen MR) is 126 cm³/mol. The van der Waals surface area contributed by atoms with Gasteiger partial charge in [-0.3, -0.25) is 9.59 Å². The van der Waals surface area contributed by atoms with Crippen LogP contribution in [0.1, 0.15) is 37.1 Å². The highest BCUT2D eigenvalue weighted by Crippen LogP contribution is 2.24. The standard InChI is InChI=1S/C26H22N2O2S/c29-25(21-13-15-22(16-14-21)28-26(30)24-12-7-17-31-24)27-18-23(19-8-3-1-4-9-19)20-10-5-2-6-11-20/h1-17,23H,18H2,(H,27,29)(H,28,30). The van der Waals surface area contributed by atoms with E-state index in [-0.39, 0.29) is 17.7 Å². The number of carbonyl (C=O) groups is 2. The summed E-state index contributed by atoms with van der Waals surface area (Å²) in [5.41, 5.74) is 3.51. The van der Waals surface area contributed by atoms with Crippen LogP contribution in [0.25, 0.3) is 0 Å². The van der Waals surface area contributed by atoms with Crippen molar-refractivity contribution in [2.24, 2.45) is 0 Å². The van der Waals surface area contributed by atoms with Gasteiger partial charge in [-0.15, -0.1) is 11.3 Å². The zero-order valence-electron chi connectivity index (χ0n) is 16.8. The average molecular weight is 427 g/mol. The van der Waals surface area contributed by atoms with Crippen LogP contribution in [0.2, 0.25) is 0 Å². The molecule has 0 spiro atoms. The van der Waals surface area contributed by atoms with Crippen LogP contribution in [0.15, 0.2) is 102 Å². The first-order valence-electron chi connectivity index (χ1n) is 10.0. The zero-order chi connectivity index (χ0) is 21.5. The maximum atomic E-state index is 12.7. The number of hydrogen-bond acceptors (Lipinski definition) is 3. The summed E-state index contributed by atoms with van der Waals surface area (Å²) in [4.78, 5) is 25.5. The van der Waals surface area contributed by atoms with Gasteiger partial charge in [-0.05, 0) is 46.8 Å². The lowest BCUT2D eigenvalue weighted by molar-refractivity contribution is 0.0952. The minimum absolute atomic E-state index is 0.0655. The van der Waals surface area contributed by atoms with Gasteiger partial charge in [-0.1, -0.05) is 66.7 Å². The van der Waals surface area contributed by atoms with Crippen LogP contribution >= 0.6 is 11.3 Å². The van der Waals surface area contributed by atoms with Crippen LogP contribution in [0, 0.1) is 0 Å². The molecule has 0 radical (unpaired) electrons. The molecule has 0 saturated heterocycles. The van der Waals surface area contributed by atoms with Gasteiger partial charge in [0.05, 0.1) is 4.88 Å². The van der Waals surface area contributed by atoms with Crippen molar-refractivity contribution in [2.75, 3.05) is 11.9 Å². The quantitative estimate of drug-likeness (QED) is 0.406. The van der Waals surface area contributed by atoms with Crippen LogP contribution < -0.4 is 10.6 Å². The number of hydrogen-bond donors (Lipinski definition) is 2. The number of thiophene rings is 1. The summed E-state index contributed by atoms with van der Waals surface area (Å²) < 4.78 is 0. The van der Waals surface area contributed by atoms with E-state index in [1.165, 1.54) is 11.3 Å². The van der Waals surface area contributed by atoms with Gasteiger partial charge >= 0.3 is 0 Å². The molecule has 1 heterocycles. The van der Waals surface area contributed by atoms with Gasteiger partial charge in [-0.25, -0.2) is 0 Å². The molecular weight excluding hydrogens is 404 g/mol. The molecule has 4 rings (SSSR count). The normalized spacial score (nSPS) is 10.6. The Morgan fingerprint density at radius 1 is 0.710 bits per heavy atom. The number of nitrogens with one attached hydrogen (secondary N) is 2. The molecule has 5 heteroatoms. The SMILES string of the molecule is O=C(NCC(c1ccccc1)c1ccccc1)c1ccc(NC(=O)c2cccs2)cc1. The first-order valence-corrected chi connectivity index (χ1v) is 10.9. The van der Waals surface area contributed by atoms with Gasteiger partial charge in [0.1, 0.15) is 0 Å². The molecule has 0 aliphatic rings. The van der Waals surface area contributed by atoms with Crippen molar-refractivity contribution in [1.82, 2.24) is 5.32 Å². The molecule has 4 nitrogen and oxygen atoms in total. The van der Waals surface area contributed by atoms with Crippen LogP contribution in [-0.2, 0) is 0 Å². The van der Waals surface area contributed by atoms with E-state index in [0.29, 0.717) is 22.7 Å². The Labute approximate surface area is 185 Å². The van der Waals surface area contributed by atoms with Crippen molar-refractivity contribution < 1.29 is 9.59 Å². The molecule has 0 atom stereocenters. The second-order valence-corrected chi connectivity index (χ2v) is 8.04. The summed E-state index contributed by atoms with van der Waals surface area (Å²) in [6.07, 6.45) is 0. The third-order valence-electron chi connectivity index (χ3n) is 5.02. The number of benzene rings is 3. The molecule has 1 aromatic heterocycles. The van der Waals surface area contributed by atoms with Crippen molar-refractivity contribution in [2.45, 2.75) is 5.92 Å². The zero-order valence-corrected chi connectivity index (χ0v) is 17.6. The van der Waals surface area contributed by atoms with Gasteiger partial charge in [0, 0.05) is 23.7 Å². The maximum Gasteiger partial charge on any atom is 0.265 e. The monoisotopic (exact) mass is 426 g/mol. The van der Waals surface area contributed by atoms with Gasteiger partial charge < -0.3 is 10.6 Å². The highest BCUT2D eigenvalue weighted by molar-refractivity contribution is 7.12. The lowest BCUT2D eigenvalue weighted by Gasteiger charge is -2.19. The minimum Gasteiger partial charge on any atom is -0.351 e. The van der Waals surface area contributed by atoms with Crippen LogP contribution in [0.4, 0.5) is 5.69 Å². The average Bonchev–Trinajstić information content (AvgIpc) is 3.36. The van der Waals surface area contributed by atoms with Crippen LogP contribution in [-0.4, -0.2) is 18.4 Å². The lowest BCUT2D eigenvalue weighted by atomic mass is 9.91. The number of amides is 2. The second-order valence-electron chi connectivity index (χ2n) is 7.09. The molecule has 31 heavy (non-hydrogen) atoms. The number of rotatable bonds is 7. The Morgan fingerprint density at radius 3 is 1.87 bits per heavy atom. The lowest BCUT2D eigenvalue weighted by Crippen LogP contribution is -2.29. The van der Waals surface area contributed by atoms with Crippen LogP contribution in [0.3, 0.4) is 0 Å². The molecular formula is C26H22N2O2S. The second kappa shape index (κ2) is 9.87. The molecule has 154 valence electrons. The molecule has 0 saturated carbocycles. The Balaban J connectivity index is 1.41. The van der Waals surface area contributed by atoms with E-state index in [2.05, 4.69) is 34.9 Å². The highest BCUT2D eigenvalue weighted by Gasteiger charge is 2.16. The first-order chi connectivity index (χ1) is 15.2. The number of anilines is 1. The Hall–Kier alpha value is -3.70. The van der Waals surface area contributed by atoms with Crippen molar-refractivity contribution in [3.8, 4) is 0 Å². The largest absolute Gasteiger partial charge is 0.351 e. The van der Waals surface area contributed by atoms with E-state index in [1.54, 1.807) is 30.3 Å². The summed E-state index contributed by atoms with van der Waals surface area (Å²) >= 11 is 1.39. The molecule has 0 aliphatic heterocycles. The van der Waals surface area contributed by atoms with E-state index in [0.717, 1.165) is 11.1 Å². The molecule has 0 fully saturated rings. The van der Waals surface area contributed by atoms with Crippen molar-refractivity contribution >= 4 is 28.8 Å². The van der Waals surface area contributed by atoms with E-state index in [4.69, 9.17) is 0 Å². The topological polar surface area (TPSA) is 58.2 Å². The van der Waals surface area contributed by atoms with Gasteiger partial charge in [-0.2, -0.15) is 0 Å². The van der Waals surface area contributed by atoms with Crippen molar-refractivity contribution in [3.05, 3.63) is 124 Å². The van der Waals surface area contributed by atoms with Crippen molar-refractivity contribution in [1.29, 1.82) is 0 Å². The first kappa shape index (κ1) is 20.6. The molecule has 3 aromatic carbocycles. The van der Waals surface area contributed by atoms with Gasteiger partial charge in [0.25, 0.3) is 11.8 Å². The third kappa shape index (κ3) is 5.27. The third-order valence-corrected chi connectivity index (χ3v) is 5.89. The van der Waals surface area contributed by atoms with E-state index < -0.39 is 0 Å². The van der Waals surface area contributed by atoms with E-state index in [9.17, 15) is 9.59 Å². The summed E-state index contributed by atoms with van der Waals surface area (Å²) in [7, 11) is 0. The fourth-order valence-corrected chi connectivity index (χ4v) is 4.02. The van der Waals surface area contributed by atoms with Crippen LogP contribution in [0.5, 0.6) is 0 Å². The summed E-state index contributed by atoms with van der Waals surface area (Å²) in [5.74, 6) is -0.232. The molecule has 4 aromatic rings. The molecule has 0 bridgehead atoms. The maximum absolute atomic E-state index is 12.7. The molecule has 2 N–H and O–H groups in total. The molecule has 2 amide bonds. The Morgan fingerprint density at radius 2 is 1.32 bits per heavy atom. The summed E-state index contributed by atoms with van der Waals surface area (Å²) in [5, 5.41) is 7.76.